The average molecular weight is 227 g/mol. The lowest BCUT2D eigenvalue weighted by Gasteiger charge is -1.99. The van der Waals surface area contributed by atoms with E-state index in [4.69, 9.17) is 17.4 Å². The minimum absolute atomic E-state index is 0.583. The highest BCUT2D eigenvalue weighted by Crippen LogP contribution is 2.27. The van der Waals surface area contributed by atoms with Crippen LogP contribution < -0.4 is 11.3 Å². The van der Waals surface area contributed by atoms with Crippen LogP contribution in [0.25, 0.3) is 10.7 Å². The molecule has 4 nitrogen and oxygen atoms in total. The van der Waals surface area contributed by atoms with Gasteiger partial charge in [0.1, 0.15) is 5.82 Å². The van der Waals surface area contributed by atoms with Gasteiger partial charge in [0.2, 0.25) is 0 Å². The van der Waals surface area contributed by atoms with Gasteiger partial charge in [-0.25, -0.2) is 15.8 Å². The van der Waals surface area contributed by atoms with Gasteiger partial charge < -0.3 is 5.43 Å². The van der Waals surface area contributed by atoms with Crippen LogP contribution in [0.3, 0.4) is 0 Å². The smallest absolute Gasteiger partial charge is 0.171 e. The Bertz CT molecular complexity index is 442. The molecule has 0 radical (unpaired) electrons. The summed E-state index contributed by atoms with van der Waals surface area (Å²) < 4.78 is 0. The van der Waals surface area contributed by atoms with Crippen LogP contribution >= 0.6 is 22.9 Å². The second-order valence-electron chi connectivity index (χ2n) is 2.54. The van der Waals surface area contributed by atoms with Crippen molar-refractivity contribution in [3.63, 3.8) is 0 Å². The molecule has 0 atom stereocenters. The van der Waals surface area contributed by atoms with Crippen LogP contribution in [-0.4, -0.2) is 9.97 Å². The van der Waals surface area contributed by atoms with E-state index in [2.05, 4.69) is 15.4 Å². The minimum Gasteiger partial charge on any atom is -0.308 e. The summed E-state index contributed by atoms with van der Waals surface area (Å²) >= 11 is 7.29. The second-order valence-corrected chi connectivity index (χ2v) is 3.89. The van der Waals surface area contributed by atoms with Crippen LogP contribution in [0.2, 0.25) is 5.02 Å². The van der Waals surface area contributed by atoms with E-state index in [0.29, 0.717) is 16.7 Å². The van der Waals surface area contributed by atoms with Crippen molar-refractivity contribution in [2.24, 2.45) is 5.84 Å². The molecule has 0 spiro atoms. The monoisotopic (exact) mass is 226 g/mol. The van der Waals surface area contributed by atoms with E-state index in [9.17, 15) is 0 Å². The fraction of sp³-hybridized carbons (Fsp3) is 0. The molecule has 0 aromatic carbocycles. The summed E-state index contributed by atoms with van der Waals surface area (Å²) in [4.78, 5) is 9.22. The highest BCUT2D eigenvalue weighted by atomic mass is 35.5. The topological polar surface area (TPSA) is 63.8 Å². The van der Waals surface area contributed by atoms with E-state index in [1.807, 2.05) is 11.4 Å². The molecule has 0 fully saturated rings. The van der Waals surface area contributed by atoms with Crippen molar-refractivity contribution < 1.29 is 0 Å². The van der Waals surface area contributed by atoms with Gasteiger partial charge >= 0.3 is 0 Å². The van der Waals surface area contributed by atoms with Gasteiger partial charge in [-0.1, -0.05) is 11.6 Å². The number of halogens is 1. The normalized spacial score (nSPS) is 10.1. The number of rotatable bonds is 2. The number of nitrogens with two attached hydrogens (primary N) is 1. The molecule has 2 heterocycles. The quantitative estimate of drug-likeness (QED) is 0.608. The zero-order valence-corrected chi connectivity index (χ0v) is 8.64. The first-order valence-electron chi connectivity index (χ1n) is 3.83. The summed E-state index contributed by atoms with van der Waals surface area (Å²) in [6.07, 6.45) is 1.64. The summed E-state index contributed by atoms with van der Waals surface area (Å²) in [5.41, 5.74) is 2.46. The third-order valence-electron chi connectivity index (χ3n) is 1.59. The fourth-order valence-electron chi connectivity index (χ4n) is 0.988. The minimum atomic E-state index is 0.583. The van der Waals surface area contributed by atoms with Gasteiger partial charge in [-0.05, 0) is 6.07 Å². The fourth-order valence-corrected chi connectivity index (χ4v) is 2.00. The number of nitrogen functional groups attached to an aromatic ring is 1. The molecule has 0 saturated heterocycles. The largest absolute Gasteiger partial charge is 0.308 e. The van der Waals surface area contributed by atoms with Gasteiger partial charge in [-0.15, -0.1) is 11.3 Å². The molecule has 0 aliphatic heterocycles. The predicted molar refractivity (Wildman–Crippen MR) is 58.2 cm³/mol. The molecule has 0 unspecified atom stereocenters. The zero-order chi connectivity index (χ0) is 9.97. The lowest BCUT2D eigenvalue weighted by molar-refractivity contribution is 1.15. The Labute approximate surface area is 89.7 Å². The third kappa shape index (κ3) is 1.84. The van der Waals surface area contributed by atoms with Crippen LogP contribution in [0.5, 0.6) is 0 Å². The number of anilines is 1. The van der Waals surface area contributed by atoms with E-state index in [0.717, 1.165) is 4.88 Å². The second kappa shape index (κ2) is 3.91. The van der Waals surface area contributed by atoms with Crippen LogP contribution in [-0.2, 0) is 0 Å². The Kier molecular flexibility index (Phi) is 2.62. The molecule has 14 heavy (non-hydrogen) atoms. The van der Waals surface area contributed by atoms with E-state index in [1.54, 1.807) is 12.3 Å². The molecule has 72 valence electrons. The van der Waals surface area contributed by atoms with Gasteiger partial charge in [-0.3, -0.25) is 0 Å². The summed E-state index contributed by atoms with van der Waals surface area (Å²) in [5.74, 6) is 6.44. The number of nitrogens with one attached hydrogen (secondary N) is 1. The lowest BCUT2D eigenvalue weighted by Crippen LogP contribution is -2.08. The van der Waals surface area contributed by atoms with Gasteiger partial charge in [0.25, 0.3) is 0 Å². The maximum atomic E-state index is 5.80. The maximum absolute atomic E-state index is 5.80. The summed E-state index contributed by atoms with van der Waals surface area (Å²) in [7, 11) is 0. The molecular weight excluding hydrogens is 220 g/mol. The Balaban J connectivity index is 2.41. The van der Waals surface area contributed by atoms with E-state index < -0.39 is 0 Å². The Morgan fingerprint density at radius 1 is 1.50 bits per heavy atom. The molecular formula is C8H7ClN4S. The molecule has 2 rings (SSSR count). The van der Waals surface area contributed by atoms with Crippen molar-refractivity contribution >= 4 is 28.8 Å². The van der Waals surface area contributed by atoms with Gasteiger partial charge in [0.05, 0.1) is 9.90 Å². The van der Waals surface area contributed by atoms with Crippen LogP contribution in [0.15, 0.2) is 23.7 Å². The predicted octanol–water partition coefficient (Wildman–Crippen LogP) is 2.14. The number of hydrogen-bond donors (Lipinski definition) is 2. The molecule has 0 aliphatic carbocycles. The SMILES string of the molecule is NNc1ccnc(-c2cc(Cl)cs2)n1. The lowest BCUT2D eigenvalue weighted by atomic mass is 10.4. The molecule has 2 aromatic heterocycles. The molecule has 0 amide bonds. The summed E-state index contributed by atoms with van der Waals surface area (Å²) in [6.45, 7) is 0. The molecule has 6 heteroatoms. The van der Waals surface area contributed by atoms with E-state index >= 15 is 0 Å². The Hall–Kier alpha value is -1.17. The van der Waals surface area contributed by atoms with Crippen LogP contribution in [0.1, 0.15) is 0 Å². The first kappa shape index (κ1) is 9.39. The van der Waals surface area contributed by atoms with Crippen molar-refractivity contribution in [3.05, 3.63) is 28.7 Å². The zero-order valence-electron chi connectivity index (χ0n) is 7.07. The number of thiophene rings is 1. The van der Waals surface area contributed by atoms with E-state index in [1.165, 1.54) is 11.3 Å². The van der Waals surface area contributed by atoms with Gasteiger partial charge in [-0.2, -0.15) is 0 Å². The number of hydrogen-bond acceptors (Lipinski definition) is 5. The van der Waals surface area contributed by atoms with Gasteiger partial charge in [0.15, 0.2) is 5.82 Å². The Morgan fingerprint density at radius 3 is 3.00 bits per heavy atom. The Morgan fingerprint density at radius 2 is 2.36 bits per heavy atom. The first-order chi connectivity index (χ1) is 6.79. The van der Waals surface area contributed by atoms with Crippen LogP contribution in [0.4, 0.5) is 5.82 Å². The molecule has 2 aromatic rings. The van der Waals surface area contributed by atoms with Crippen LogP contribution in [0, 0.1) is 0 Å². The molecule has 0 bridgehead atoms. The number of hydrazine groups is 1. The number of aromatic nitrogens is 2. The highest BCUT2D eigenvalue weighted by molar-refractivity contribution is 7.14. The maximum Gasteiger partial charge on any atom is 0.171 e. The average Bonchev–Trinajstić information content (AvgIpc) is 2.65. The standard InChI is InChI=1S/C8H7ClN4S/c9-5-3-6(14-4-5)8-11-2-1-7(12-8)13-10/h1-4H,10H2,(H,11,12,13). The molecule has 0 aliphatic rings. The van der Waals surface area contributed by atoms with Crippen molar-refractivity contribution in [1.82, 2.24) is 9.97 Å². The van der Waals surface area contributed by atoms with Crippen molar-refractivity contribution in [2.75, 3.05) is 5.43 Å². The van der Waals surface area contributed by atoms with Gasteiger partial charge in [0, 0.05) is 17.6 Å². The third-order valence-corrected chi connectivity index (χ3v) is 2.87. The van der Waals surface area contributed by atoms with Crippen molar-refractivity contribution in [1.29, 1.82) is 0 Å². The first-order valence-corrected chi connectivity index (χ1v) is 5.09. The molecule has 0 saturated carbocycles. The number of nitrogens with zero attached hydrogens (tertiary/aromatic N) is 2. The van der Waals surface area contributed by atoms with Crippen molar-refractivity contribution in [3.8, 4) is 10.7 Å². The van der Waals surface area contributed by atoms with E-state index in [-0.39, 0.29) is 0 Å². The highest BCUT2D eigenvalue weighted by Gasteiger charge is 2.04. The summed E-state index contributed by atoms with van der Waals surface area (Å²) in [6, 6.07) is 3.51. The van der Waals surface area contributed by atoms with Crippen molar-refractivity contribution in [2.45, 2.75) is 0 Å². The summed E-state index contributed by atoms with van der Waals surface area (Å²) in [5, 5.41) is 2.53. The molecule has 3 N–H and O–H groups in total.